The SMILES string of the molecule is COC(=O)c1cncc(NCc2ccc(OC)cc2OC)c1C(=O)OC. The van der Waals surface area contributed by atoms with Crippen molar-refractivity contribution in [1.82, 2.24) is 4.98 Å². The van der Waals surface area contributed by atoms with Crippen molar-refractivity contribution in [3.05, 3.63) is 47.3 Å². The fourth-order valence-electron chi connectivity index (χ4n) is 2.37. The number of nitrogens with one attached hydrogen (secondary N) is 1. The third-order valence-electron chi connectivity index (χ3n) is 3.70. The first kappa shape index (κ1) is 19.0. The molecule has 0 saturated heterocycles. The van der Waals surface area contributed by atoms with E-state index in [0.29, 0.717) is 23.7 Å². The summed E-state index contributed by atoms with van der Waals surface area (Å²) in [5, 5.41) is 3.08. The van der Waals surface area contributed by atoms with Crippen LogP contribution in [-0.2, 0) is 16.0 Å². The van der Waals surface area contributed by atoms with Gasteiger partial charge in [0.05, 0.1) is 45.9 Å². The normalized spacial score (nSPS) is 10.0. The van der Waals surface area contributed by atoms with E-state index in [4.69, 9.17) is 18.9 Å². The maximum atomic E-state index is 12.2. The first-order valence-electron chi connectivity index (χ1n) is 7.65. The number of pyridine rings is 1. The predicted octanol–water partition coefficient (Wildman–Crippen LogP) is 2.28. The predicted molar refractivity (Wildman–Crippen MR) is 93.8 cm³/mol. The van der Waals surface area contributed by atoms with Crippen LogP contribution in [0, 0.1) is 0 Å². The lowest BCUT2D eigenvalue weighted by molar-refractivity contribution is 0.0555. The van der Waals surface area contributed by atoms with Crippen molar-refractivity contribution in [1.29, 1.82) is 0 Å². The van der Waals surface area contributed by atoms with Gasteiger partial charge < -0.3 is 24.3 Å². The number of methoxy groups -OCH3 is 4. The van der Waals surface area contributed by atoms with Crippen molar-refractivity contribution >= 4 is 17.6 Å². The first-order valence-corrected chi connectivity index (χ1v) is 7.65. The molecular weight excluding hydrogens is 340 g/mol. The summed E-state index contributed by atoms with van der Waals surface area (Å²) in [5.74, 6) is -0.0654. The Hall–Kier alpha value is -3.29. The summed E-state index contributed by atoms with van der Waals surface area (Å²) in [5.41, 5.74) is 1.25. The molecule has 1 N–H and O–H groups in total. The number of benzene rings is 1. The zero-order valence-electron chi connectivity index (χ0n) is 15.0. The van der Waals surface area contributed by atoms with Gasteiger partial charge in [-0.25, -0.2) is 9.59 Å². The van der Waals surface area contributed by atoms with E-state index >= 15 is 0 Å². The van der Waals surface area contributed by atoms with Crippen molar-refractivity contribution < 1.29 is 28.5 Å². The minimum absolute atomic E-state index is 0.0195. The smallest absolute Gasteiger partial charge is 0.340 e. The Kier molecular flexibility index (Phi) is 6.37. The van der Waals surface area contributed by atoms with Gasteiger partial charge in [-0.3, -0.25) is 4.98 Å². The van der Waals surface area contributed by atoms with Gasteiger partial charge in [0.25, 0.3) is 0 Å². The fourth-order valence-corrected chi connectivity index (χ4v) is 2.37. The van der Waals surface area contributed by atoms with Crippen molar-refractivity contribution in [3.63, 3.8) is 0 Å². The van der Waals surface area contributed by atoms with Crippen molar-refractivity contribution in [2.75, 3.05) is 33.8 Å². The van der Waals surface area contributed by atoms with Gasteiger partial charge in [0.2, 0.25) is 0 Å². The van der Waals surface area contributed by atoms with Gasteiger partial charge in [0.15, 0.2) is 0 Å². The highest BCUT2D eigenvalue weighted by Gasteiger charge is 2.23. The zero-order valence-corrected chi connectivity index (χ0v) is 15.0. The number of carbonyl (C=O) groups excluding carboxylic acids is 2. The Morgan fingerprint density at radius 2 is 1.73 bits per heavy atom. The Labute approximate surface area is 151 Å². The average molecular weight is 360 g/mol. The molecule has 0 radical (unpaired) electrons. The third kappa shape index (κ3) is 4.02. The number of anilines is 1. The van der Waals surface area contributed by atoms with Crippen LogP contribution in [-0.4, -0.2) is 45.4 Å². The highest BCUT2D eigenvalue weighted by Crippen LogP contribution is 2.27. The zero-order chi connectivity index (χ0) is 19.1. The lowest BCUT2D eigenvalue weighted by Gasteiger charge is -2.15. The minimum Gasteiger partial charge on any atom is -0.497 e. The number of ether oxygens (including phenoxy) is 4. The minimum atomic E-state index is -0.677. The maximum absolute atomic E-state index is 12.2. The van der Waals surface area contributed by atoms with Gasteiger partial charge in [-0.15, -0.1) is 0 Å². The summed E-state index contributed by atoms with van der Waals surface area (Å²) in [4.78, 5) is 28.1. The summed E-state index contributed by atoms with van der Waals surface area (Å²) in [7, 11) is 5.59. The van der Waals surface area contributed by atoms with Crippen LogP contribution in [0.15, 0.2) is 30.6 Å². The molecule has 26 heavy (non-hydrogen) atoms. The van der Waals surface area contributed by atoms with E-state index in [2.05, 4.69) is 10.3 Å². The Morgan fingerprint density at radius 3 is 2.35 bits per heavy atom. The molecule has 1 aromatic heterocycles. The molecule has 0 saturated carbocycles. The number of hydrogen-bond acceptors (Lipinski definition) is 8. The van der Waals surface area contributed by atoms with Crippen LogP contribution < -0.4 is 14.8 Å². The van der Waals surface area contributed by atoms with Gasteiger partial charge in [0.1, 0.15) is 17.1 Å². The molecule has 0 aliphatic carbocycles. The van der Waals surface area contributed by atoms with Crippen LogP contribution in [0.3, 0.4) is 0 Å². The molecule has 8 nitrogen and oxygen atoms in total. The van der Waals surface area contributed by atoms with Gasteiger partial charge >= 0.3 is 11.9 Å². The van der Waals surface area contributed by atoms with E-state index in [1.807, 2.05) is 6.07 Å². The molecular formula is C18H20N2O6. The molecule has 0 fully saturated rings. The van der Waals surface area contributed by atoms with Gasteiger partial charge in [0, 0.05) is 24.4 Å². The van der Waals surface area contributed by atoms with Crippen LogP contribution >= 0.6 is 0 Å². The largest absolute Gasteiger partial charge is 0.497 e. The number of carbonyl (C=O) groups is 2. The number of esters is 2. The number of aromatic nitrogens is 1. The molecule has 138 valence electrons. The second-order valence-corrected chi connectivity index (χ2v) is 5.12. The van der Waals surface area contributed by atoms with Crippen LogP contribution in [0.25, 0.3) is 0 Å². The van der Waals surface area contributed by atoms with Crippen LogP contribution in [0.4, 0.5) is 5.69 Å². The Bertz CT molecular complexity index is 806. The molecule has 0 amide bonds. The maximum Gasteiger partial charge on any atom is 0.340 e. The first-order chi connectivity index (χ1) is 12.5. The Balaban J connectivity index is 2.35. The molecule has 8 heteroatoms. The molecule has 0 unspecified atom stereocenters. The summed E-state index contributed by atoms with van der Waals surface area (Å²) in [6.45, 7) is 0.323. The molecule has 2 aromatic rings. The standard InChI is InChI=1S/C18H20N2O6/c1-23-12-6-5-11(15(7-12)24-2)8-20-14-10-19-9-13(17(21)25-3)16(14)18(22)26-4/h5-7,9-10,20H,8H2,1-4H3. The summed E-state index contributed by atoms with van der Waals surface area (Å²) >= 11 is 0. The molecule has 0 bridgehead atoms. The highest BCUT2D eigenvalue weighted by molar-refractivity contribution is 6.06. The molecule has 0 atom stereocenters. The number of nitrogens with zero attached hydrogens (tertiary/aromatic N) is 1. The molecule has 1 heterocycles. The van der Waals surface area contributed by atoms with Gasteiger partial charge in [-0.2, -0.15) is 0 Å². The molecule has 2 rings (SSSR count). The van der Waals surface area contributed by atoms with Gasteiger partial charge in [-0.1, -0.05) is 0 Å². The lowest BCUT2D eigenvalue weighted by Crippen LogP contribution is -2.16. The summed E-state index contributed by atoms with van der Waals surface area (Å²) < 4.78 is 20.0. The van der Waals surface area contributed by atoms with E-state index in [0.717, 1.165) is 5.56 Å². The van der Waals surface area contributed by atoms with Crippen LogP contribution in [0.5, 0.6) is 11.5 Å². The van der Waals surface area contributed by atoms with Crippen molar-refractivity contribution in [2.45, 2.75) is 6.54 Å². The monoisotopic (exact) mass is 360 g/mol. The van der Waals surface area contributed by atoms with Gasteiger partial charge in [-0.05, 0) is 12.1 Å². The van der Waals surface area contributed by atoms with Crippen molar-refractivity contribution in [3.8, 4) is 11.5 Å². The molecule has 1 aromatic carbocycles. The Morgan fingerprint density at radius 1 is 1.00 bits per heavy atom. The van der Waals surface area contributed by atoms with Crippen molar-refractivity contribution in [2.24, 2.45) is 0 Å². The highest BCUT2D eigenvalue weighted by atomic mass is 16.5. The third-order valence-corrected chi connectivity index (χ3v) is 3.70. The average Bonchev–Trinajstić information content (AvgIpc) is 2.70. The van der Waals surface area contributed by atoms with E-state index in [1.165, 1.54) is 26.6 Å². The van der Waals surface area contributed by atoms with E-state index in [9.17, 15) is 9.59 Å². The topological polar surface area (TPSA) is 96.0 Å². The van der Waals surface area contributed by atoms with Crippen LogP contribution in [0.1, 0.15) is 26.3 Å². The second-order valence-electron chi connectivity index (χ2n) is 5.12. The second kappa shape index (κ2) is 8.70. The fraction of sp³-hybridized carbons (Fsp3) is 0.278. The quantitative estimate of drug-likeness (QED) is 0.752. The lowest BCUT2D eigenvalue weighted by atomic mass is 10.1. The summed E-state index contributed by atoms with van der Waals surface area (Å²) in [6.07, 6.45) is 2.70. The molecule has 0 aliphatic heterocycles. The number of hydrogen-bond donors (Lipinski definition) is 1. The van der Waals surface area contributed by atoms with E-state index in [1.54, 1.807) is 26.4 Å². The number of rotatable bonds is 7. The van der Waals surface area contributed by atoms with E-state index < -0.39 is 11.9 Å². The van der Waals surface area contributed by atoms with Crippen LogP contribution in [0.2, 0.25) is 0 Å². The summed E-state index contributed by atoms with van der Waals surface area (Å²) in [6, 6.07) is 5.38. The molecule has 0 aliphatic rings. The van der Waals surface area contributed by atoms with E-state index in [-0.39, 0.29) is 11.1 Å². The molecule has 0 spiro atoms.